The summed E-state index contributed by atoms with van der Waals surface area (Å²) < 4.78 is 38.1. The molecule has 1 amide bonds. The minimum Gasteiger partial charge on any atom is -0.375 e. The molecular weight excluding hydrogens is 343 g/mol. The lowest BCUT2D eigenvalue weighted by molar-refractivity contribution is -0.137. The van der Waals surface area contributed by atoms with Crippen LogP contribution in [0.5, 0.6) is 0 Å². The molecule has 0 saturated heterocycles. The van der Waals surface area contributed by atoms with Crippen LogP contribution in [0.15, 0.2) is 42.5 Å². The minimum absolute atomic E-state index is 0.00576. The van der Waals surface area contributed by atoms with Gasteiger partial charge in [-0.05, 0) is 30.3 Å². The van der Waals surface area contributed by atoms with E-state index in [1.165, 1.54) is 0 Å². The molecule has 8 heteroatoms. The molecule has 0 spiro atoms. The first-order chi connectivity index (χ1) is 11.3. The molecule has 2 aromatic carbocycles. The second-order valence-corrected chi connectivity index (χ2v) is 5.16. The molecule has 4 nitrogen and oxygen atoms in total. The maximum Gasteiger partial charge on any atom is 0.416 e. The molecule has 0 aliphatic heterocycles. The van der Waals surface area contributed by atoms with Crippen molar-refractivity contribution in [2.24, 2.45) is 0 Å². The molecule has 2 rings (SSSR count). The zero-order valence-corrected chi connectivity index (χ0v) is 12.9. The van der Waals surface area contributed by atoms with Gasteiger partial charge in [-0.2, -0.15) is 18.4 Å². The van der Waals surface area contributed by atoms with Crippen LogP contribution in [-0.4, -0.2) is 12.5 Å². The number of halogens is 4. The van der Waals surface area contributed by atoms with Crippen molar-refractivity contribution < 1.29 is 18.0 Å². The fourth-order valence-corrected chi connectivity index (χ4v) is 2.07. The summed E-state index contributed by atoms with van der Waals surface area (Å²) in [4.78, 5) is 11.9. The van der Waals surface area contributed by atoms with E-state index in [2.05, 4.69) is 10.6 Å². The van der Waals surface area contributed by atoms with Crippen molar-refractivity contribution in [2.45, 2.75) is 6.18 Å². The lowest BCUT2D eigenvalue weighted by Crippen LogP contribution is -2.22. The smallest absolute Gasteiger partial charge is 0.375 e. The van der Waals surface area contributed by atoms with Gasteiger partial charge in [-0.15, -0.1) is 0 Å². The fourth-order valence-electron chi connectivity index (χ4n) is 1.90. The molecule has 0 fully saturated rings. The van der Waals surface area contributed by atoms with Crippen LogP contribution in [0, 0.1) is 11.3 Å². The van der Waals surface area contributed by atoms with Crippen molar-refractivity contribution in [3.05, 3.63) is 58.6 Å². The van der Waals surface area contributed by atoms with Crippen LogP contribution >= 0.6 is 11.6 Å². The molecule has 0 aliphatic rings. The van der Waals surface area contributed by atoms with Crippen LogP contribution in [0.4, 0.5) is 24.5 Å². The molecule has 0 heterocycles. The summed E-state index contributed by atoms with van der Waals surface area (Å²) in [5, 5.41) is 14.0. The van der Waals surface area contributed by atoms with E-state index in [9.17, 15) is 18.0 Å². The van der Waals surface area contributed by atoms with E-state index in [-0.39, 0.29) is 17.3 Å². The predicted molar refractivity (Wildman–Crippen MR) is 84.7 cm³/mol. The Morgan fingerprint density at radius 1 is 1.17 bits per heavy atom. The Morgan fingerprint density at radius 3 is 2.54 bits per heavy atom. The van der Waals surface area contributed by atoms with Crippen molar-refractivity contribution in [1.29, 1.82) is 5.26 Å². The summed E-state index contributed by atoms with van der Waals surface area (Å²) >= 11 is 5.81. The quantitative estimate of drug-likeness (QED) is 0.862. The molecule has 0 atom stereocenters. The standard InChI is InChI=1S/C16H11ClF3N3O/c17-12-6-5-11(16(18,19)20)7-14(12)23-15(24)9-22-13-4-2-1-3-10(13)8-21/h1-7,22H,9H2,(H,23,24). The molecule has 0 saturated carbocycles. The number of nitrogens with one attached hydrogen (secondary N) is 2. The van der Waals surface area contributed by atoms with E-state index in [0.29, 0.717) is 11.3 Å². The number of alkyl halides is 3. The van der Waals surface area contributed by atoms with E-state index in [1.807, 2.05) is 6.07 Å². The number of para-hydroxylation sites is 1. The first-order valence-corrected chi connectivity index (χ1v) is 7.08. The lowest BCUT2D eigenvalue weighted by Gasteiger charge is -2.12. The number of amides is 1. The number of hydrogen-bond donors (Lipinski definition) is 2. The zero-order chi connectivity index (χ0) is 17.7. The third-order valence-electron chi connectivity index (χ3n) is 3.05. The van der Waals surface area contributed by atoms with E-state index in [1.54, 1.807) is 24.3 Å². The number of hydrogen-bond acceptors (Lipinski definition) is 3. The molecule has 0 unspecified atom stereocenters. The van der Waals surface area contributed by atoms with Crippen molar-refractivity contribution in [1.82, 2.24) is 0 Å². The summed E-state index contributed by atoms with van der Waals surface area (Å²) in [6, 6.07) is 11.2. The number of rotatable bonds is 4. The molecule has 0 bridgehead atoms. The van der Waals surface area contributed by atoms with Gasteiger partial charge in [0.1, 0.15) is 6.07 Å². The minimum atomic E-state index is -4.53. The maximum absolute atomic E-state index is 12.7. The maximum atomic E-state index is 12.7. The number of carbonyl (C=O) groups is 1. The highest BCUT2D eigenvalue weighted by molar-refractivity contribution is 6.33. The predicted octanol–water partition coefficient (Wildman–Crippen LogP) is 4.28. The van der Waals surface area contributed by atoms with E-state index >= 15 is 0 Å². The summed E-state index contributed by atoms with van der Waals surface area (Å²) in [7, 11) is 0. The van der Waals surface area contributed by atoms with Gasteiger partial charge in [-0.3, -0.25) is 4.79 Å². The summed E-state index contributed by atoms with van der Waals surface area (Å²) in [5.41, 5.74) is -0.246. The first kappa shape index (κ1) is 17.6. The Kier molecular flexibility index (Phi) is 5.31. The molecule has 2 aromatic rings. The van der Waals surface area contributed by atoms with Gasteiger partial charge < -0.3 is 10.6 Å². The van der Waals surface area contributed by atoms with Crippen LogP contribution < -0.4 is 10.6 Å². The molecule has 0 aliphatic carbocycles. The van der Waals surface area contributed by atoms with Gasteiger partial charge in [-0.25, -0.2) is 0 Å². The lowest BCUT2D eigenvalue weighted by atomic mass is 10.2. The van der Waals surface area contributed by atoms with Crippen LogP contribution in [0.25, 0.3) is 0 Å². The Morgan fingerprint density at radius 2 is 1.88 bits per heavy atom. The van der Waals surface area contributed by atoms with Crippen molar-refractivity contribution in [3.63, 3.8) is 0 Å². The third kappa shape index (κ3) is 4.40. The molecular formula is C16H11ClF3N3O. The Hall–Kier alpha value is -2.72. The van der Waals surface area contributed by atoms with E-state index in [4.69, 9.17) is 16.9 Å². The number of anilines is 2. The first-order valence-electron chi connectivity index (χ1n) is 6.71. The monoisotopic (exact) mass is 353 g/mol. The van der Waals surface area contributed by atoms with Gasteiger partial charge in [0, 0.05) is 0 Å². The highest BCUT2D eigenvalue weighted by Crippen LogP contribution is 2.33. The van der Waals surface area contributed by atoms with Gasteiger partial charge in [-0.1, -0.05) is 23.7 Å². The Labute approximate surface area is 140 Å². The van der Waals surface area contributed by atoms with Crippen LogP contribution in [0.2, 0.25) is 5.02 Å². The number of nitrogens with zero attached hydrogens (tertiary/aromatic N) is 1. The molecule has 2 N–H and O–H groups in total. The van der Waals surface area contributed by atoms with E-state index < -0.39 is 17.6 Å². The summed E-state index contributed by atoms with van der Waals surface area (Å²) in [5.74, 6) is -0.594. The van der Waals surface area contributed by atoms with Gasteiger partial charge in [0.25, 0.3) is 0 Å². The number of benzene rings is 2. The summed E-state index contributed by atoms with van der Waals surface area (Å²) in [6.45, 7) is -0.231. The highest BCUT2D eigenvalue weighted by atomic mass is 35.5. The average molecular weight is 354 g/mol. The third-order valence-corrected chi connectivity index (χ3v) is 3.38. The van der Waals surface area contributed by atoms with Gasteiger partial charge in [0.15, 0.2) is 0 Å². The molecule has 124 valence electrons. The second kappa shape index (κ2) is 7.23. The van der Waals surface area contributed by atoms with Crippen LogP contribution in [-0.2, 0) is 11.0 Å². The molecule has 0 radical (unpaired) electrons. The fraction of sp³-hybridized carbons (Fsp3) is 0.125. The molecule has 24 heavy (non-hydrogen) atoms. The average Bonchev–Trinajstić information content (AvgIpc) is 2.54. The topological polar surface area (TPSA) is 64.9 Å². The van der Waals surface area contributed by atoms with Crippen molar-refractivity contribution in [3.8, 4) is 6.07 Å². The number of nitriles is 1. The van der Waals surface area contributed by atoms with Crippen molar-refractivity contribution >= 4 is 28.9 Å². The zero-order valence-electron chi connectivity index (χ0n) is 12.1. The van der Waals surface area contributed by atoms with Gasteiger partial charge in [0.05, 0.1) is 34.1 Å². The Balaban J connectivity index is 2.06. The van der Waals surface area contributed by atoms with Gasteiger partial charge in [0.2, 0.25) is 5.91 Å². The van der Waals surface area contributed by atoms with Gasteiger partial charge >= 0.3 is 6.18 Å². The Bertz CT molecular complexity index is 800. The summed E-state index contributed by atoms with van der Waals surface area (Å²) in [6.07, 6.45) is -4.53. The van der Waals surface area contributed by atoms with Crippen molar-refractivity contribution in [2.75, 3.05) is 17.2 Å². The largest absolute Gasteiger partial charge is 0.416 e. The van der Waals surface area contributed by atoms with Crippen LogP contribution in [0.1, 0.15) is 11.1 Å². The van der Waals surface area contributed by atoms with Crippen LogP contribution in [0.3, 0.4) is 0 Å². The second-order valence-electron chi connectivity index (χ2n) is 4.75. The van der Waals surface area contributed by atoms with E-state index in [0.717, 1.165) is 18.2 Å². The number of carbonyl (C=O) groups excluding carboxylic acids is 1. The molecule has 0 aromatic heterocycles. The highest BCUT2D eigenvalue weighted by Gasteiger charge is 2.31. The normalized spacial score (nSPS) is 10.8. The SMILES string of the molecule is N#Cc1ccccc1NCC(=O)Nc1cc(C(F)(F)F)ccc1Cl.